The standard InChI is InChI=1S/C14H24O2/c1-6-10-14(7-2,16-13(5)15)11-8-9-12(3)4/h7,9H,2,6,8,10-11H2,1,3-5H3. The quantitative estimate of drug-likeness (QED) is 0.482. The van der Waals surface area contributed by atoms with Crippen LogP contribution in [-0.2, 0) is 9.53 Å². The lowest BCUT2D eigenvalue weighted by atomic mass is 9.91. The van der Waals surface area contributed by atoms with Gasteiger partial charge in [0.25, 0.3) is 0 Å². The molecule has 0 aromatic heterocycles. The highest BCUT2D eigenvalue weighted by Gasteiger charge is 2.27. The average molecular weight is 224 g/mol. The summed E-state index contributed by atoms with van der Waals surface area (Å²) >= 11 is 0. The molecule has 0 aliphatic carbocycles. The first kappa shape index (κ1) is 14.9. The highest BCUT2D eigenvalue weighted by Crippen LogP contribution is 2.26. The lowest BCUT2D eigenvalue weighted by Gasteiger charge is -2.29. The Morgan fingerprint density at radius 3 is 2.31 bits per heavy atom. The molecule has 16 heavy (non-hydrogen) atoms. The van der Waals surface area contributed by atoms with E-state index in [1.54, 1.807) is 6.08 Å². The molecule has 1 atom stereocenters. The minimum atomic E-state index is -0.480. The van der Waals surface area contributed by atoms with Crippen molar-refractivity contribution in [2.75, 3.05) is 0 Å². The van der Waals surface area contributed by atoms with Gasteiger partial charge in [0.1, 0.15) is 5.60 Å². The molecule has 0 saturated carbocycles. The second-order valence-corrected chi connectivity index (χ2v) is 4.43. The van der Waals surface area contributed by atoms with Crippen LogP contribution in [0, 0.1) is 0 Å². The van der Waals surface area contributed by atoms with Crippen LogP contribution in [0.1, 0.15) is 53.4 Å². The normalized spacial score (nSPS) is 13.8. The Kier molecular flexibility index (Phi) is 6.78. The number of ether oxygens (including phenoxy) is 1. The van der Waals surface area contributed by atoms with Crippen LogP contribution < -0.4 is 0 Å². The number of esters is 1. The van der Waals surface area contributed by atoms with E-state index in [1.165, 1.54) is 12.5 Å². The van der Waals surface area contributed by atoms with E-state index in [1.807, 2.05) is 0 Å². The van der Waals surface area contributed by atoms with Crippen molar-refractivity contribution in [1.29, 1.82) is 0 Å². The van der Waals surface area contributed by atoms with E-state index < -0.39 is 5.60 Å². The first-order valence-corrected chi connectivity index (χ1v) is 5.92. The molecule has 0 amide bonds. The van der Waals surface area contributed by atoms with Crippen molar-refractivity contribution in [1.82, 2.24) is 0 Å². The molecule has 0 aromatic carbocycles. The summed E-state index contributed by atoms with van der Waals surface area (Å²) in [6.07, 6.45) is 7.49. The fourth-order valence-corrected chi connectivity index (χ4v) is 1.79. The average Bonchev–Trinajstić information content (AvgIpc) is 2.16. The summed E-state index contributed by atoms with van der Waals surface area (Å²) in [6.45, 7) is 11.5. The summed E-state index contributed by atoms with van der Waals surface area (Å²) in [5, 5.41) is 0. The van der Waals surface area contributed by atoms with Gasteiger partial charge in [-0.3, -0.25) is 4.79 Å². The van der Waals surface area contributed by atoms with Gasteiger partial charge in [-0.2, -0.15) is 0 Å². The zero-order chi connectivity index (χ0) is 12.6. The molecule has 2 heteroatoms. The molecule has 0 N–H and O–H groups in total. The van der Waals surface area contributed by atoms with Crippen LogP contribution in [-0.4, -0.2) is 11.6 Å². The van der Waals surface area contributed by atoms with Gasteiger partial charge in [-0.25, -0.2) is 0 Å². The van der Waals surface area contributed by atoms with Gasteiger partial charge in [0.15, 0.2) is 0 Å². The highest BCUT2D eigenvalue weighted by molar-refractivity contribution is 5.66. The summed E-state index contributed by atoms with van der Waals surface area (Å²) in [5.74, 6) is -0.231. The van der Waals surface area contributed by atoms with Gasteiger partial charge in [-0.05, 0) is 39.2 Å². The predicted molar refractivity (Wildman–Crippen MR) is 68.3 cm³/mol. The summed E-state index contributed by atoms with van der Waals surface area (Å²) < 4.78 is 5.42. The van der Waals surface area contributed by atoms with Crippen molar-refractivity contribution in [3.05, 3.63) is 24.3 Å². The van der Waals surface area contributed by atoms with Gasteiger partial charge in [0.2, 0.25) is 0 Å². The topological polar surface area (TPSA) is 26.3 Å². The molecule has 0 aliphatic rings. The molecule has 0 radical (unpaired) electrons. The van der Waals surface area contributed by atoms with Gasteiger partial charge in [0.05, 0.1) is 0 Å². The van der Waals surface area contributed by atoms with Gasteiger partial charge in [-0.1, -0.05) is 31.6 Å². The van der Waals surface area contributed by atoms with E-state index in [-0.39, 0.29) is 5.97 Å². The van der Waals surface area contributed by atoms with E-state index in [0.29, 0.717) is 0 Å². The SMILES string of the molecule is C=CC(CCC)(CCC=C(C)C)OC(C)=O. The summed E-state index contributed by atoms with van der Waals surface area (Å²) in [5.41, 5.74) is 0.810. The van der Waals surface area contributed by atoms with Crippen molar-refractivity contribution >= 4 is 5.97 Å². The maximum atomic E-state index is 11.1. The molecule has 0 saturated heterocycles. The summed E-state index contributed by atoms with van der Waals surface area (Å²) in [7, 11) is 0. The molecular weight excluding hydrogens is 200 g/mol. The third-order valence-corrected chi connectivity index (χ3v) is 2.51. The van der Waals surface area contributed by atoms with Crippen molar-refractivity contribution in [3.8, 4) is 0 Å². The zero-order valence-corrected chi connectivity index (χ0v) is 11.0. The monoisotopic (exact) mass is 224 g/mol. The fraction of sp³-hybridized carbons (Fsp3) is 0.643. The summed E-state index contributed by atoms with van der Waals surface area (Å²) in [4.78, 5) is 11.1. The number of carbonyl (C=O) groups is 1. The Morgan fingerprint density at radius 2 is 1.94 bits per heavy atom. The first-order chi connectivity index (χ1) is 7.45. The molecule has 0 bridgehead atoms. The van der Waals surface area contributed by atoms with E-state index in [2.05, 4.69) is 33.4 Å². The molecule has 0 rings (SSSR count). The Balaban J connectivity index is 4.55. The van der Waals surface area contributed by atoms with Gasteiger partial charge >= 0.3 is 5.97 Å². The largest absolute Gasteiger partial charge is 0.455 e. The van der Waals surface area contributed by atoms with Crippen LogP contribution in [0.2, 0.25) is 0 Å². The molecule has 2 nitrogen and oxygen atoms in total. The second kappa shape index (κ2) is 7.26. The smallest absolute Gasteiger partial charge is 0.303 e. The Hall–Kier alpha value is -1.05. The number of carbonyl (C=O) groups excluding carboxylic acids is 1. The van der Waals surface area contributed by atoms with Crippen molar-refractivity contribution in [3.63, 3.8) is 0 Å². The minimum absolute atomic E-state index is 0.231. The predicted octanol–water partition coefficient (Wildman–Crippen LogP) is 4.02. The van der Waals surface area contributed by atoms with Crippen LogP contribution in [0.15, 0.2) is 24.3 Å². The molecule has 1 unspecified atom stereocenters. The molecule has 0 heterocycles. The maximum absolute atomic E-state index is 11.1. The first-order valence-electron chi connectivity index (χ1n) is 5.92. The fourth-order valence-electron chi connectivity index (χ4n) is 1.79. The minimum Gasteiger partial charge on any atom is -0.455 e. The van der Waals surface area contributed by atoms with E-state index >= 15 is 0 Å². The van der Waals surface area contributed by atoms with E-state index in [4.69, 9.17) is 4.74 Å². The van der Waals surface area contributed by atoms with Crippen molar-refractivity contribution < 1.29 is 9.53 Å². The van der Waals surface area contributed by atoms with Crippen LogP contribution in [0.3, 0.4) is 0 Å². The van der Waals surface area contributed by atoms with E-state index in [0.717, 1.165) is 25.7 Å². The maximum Gasteiger partial charge on any atom is 0.303 e. The third-order valence-electron chi connectivity index (χ3n) is 2.51. The van der Waals surface area contributed by atoms with Crippen LogP contribution in [0.25, 0.3) is 0 Å². The Bertz CT molecular complexity index is 262. The van der Waals surface area contributed by atoms with Crippen LogP contribution >= 0.6 is 0 Å². The second-order valence-electron chi connectivity index (χ2n) is 4.43. The third kappa shape index (κ3) is 5.74. The van der Waals surface area contributed by atoms with Crippen molar-refractivity contribution in [2.24, 2.45) is 0 Å². The Morgan fingerprint density at radius 1 is 1.31 bits per heavy atom. The molecule has 0 fully saturated rings. The van der Waals surface area contributed by atoms with Gasteiger partial charge in [-0.15, -0.1) is 0 Å². The number of hydrogen-bond donors (Lipinski definition) is 0. The molecule has 92 valence electrons. The van der Waals surface area contributed by atoms with Crippen molar-refractivity contribution in [2.45, 2.75) is 59.0 Å². The lowest BCUT2D eigenvalue weighted by molar-refractivity contribution is -0.153. The molecule has 0 spiro atoms. The lowest BCUT2D eigenvalue weighted by Crippen LogP contribution is -2.31. The molecule has 0 aromatic rings. The summed E-state index contributed by atoms with van der Waals surface area (Å²) in [6, 6.07) is 0. The Labute approximate surface area is 99.4 Å². The van der Waals surface area contributed by atoms with Gasteiger partial charge in [0, 0.05) is 6.92 Å². The van der Waals surface area contributed by atoms with E-state index in [9.17, 15) is 4.79 Å². The van der Waals surface area contributed by atoms with Crippen LogP contribution in [0.5, 0.6) is 0 Å². The molecule has 0 aliphatic heterocycles. The highest BCUT2D eigenvalue weighted by atomic mass is 16.6. The molecular formula is C14H24O2. The number of hydrogen-bond acceptors (Lipinski definition) is 2. The van der Waals surface area contributed by atoms with Gasteiger partial charge < -0.3 is 4.74 Å². The zero-order valence-electron chi connectivity index (χ0n) is 11.0. The number of rotatable bonds is 7. The van der Waals surface area contributed by atoms with Crippen LogP contribution in [0.4, 0.5) is 0 Å². The number of allylic oxidation sites excluding steroid dienone is 2.